The molecule has 1 aliphatic heterocycles. The van der Waals surface area contributed by atoms with Gasteiger partial charge in [0.05, 0.1) is 0 Å². The Balaban J connectivity index is 1.35. The van der Waals surface area contributed by atoms with E-state index in [1.807, 2.05) is 24.3 Å². The molecule has 2 heterocycles. The molecule has 2 fully saturated rings. The van der Waals surface area contributed by atoms with Crippen molar-refractivity contribution in [2.45, 2.75) is 51.5 Å². The van der Waals surface area contributed by atoms with Gasteiger partial charge in [-0.15, -0.1) is 0 Å². The molecule has 0 spiro atoms. The van der Waals surface area contributed by atoms with E-state index in [2.05, 4.69) is 31.6 Å². The number of rotatable bonds is 6. The molecule has 2 aromatic rings. The van der Waals surface area contributed by atoms with Gasteiger partial charge in [0.25, 0.3) is 0 Å². The highest BCUT2D eigenvalue weighted by Gasteiger charge is 2.22. The largest absolute Gasteiger partial charge is 0.366 e. The third-order valence-electron chi connectivity index (χ3n) is 5.73. The molecule has 28 heavy (non-hydrogen) atoms. The Labute approximate surface area is 166 Å². The van der Waals surface area contributed by atoms with Crippen molar-refractivity contribution in [2.24, 2.45) is 5.92 Å². The van der Waals surface area contributed by atoms with E-state index >= 15 is 0 Å². The summed E-state index contributed by atoms with van der Waals surface area (Å²) in [5, 5.41) is 6.46. The Morgan fingerprint density at radius 2 is 1.86 bits per heavy atom. The van der Waals surface area contributed by atoms with Gasteiger partial charge in [0.15, 0.2) is 0 Å². The lowest BCUT2D eigenvalue weighted by Crippen LogP contribution is -2.30. The first kappa shape index (κ1) is 18.7. The Morgan fingerprint density at radius 3 is 2.68 bits per heavy atom. The van der Waals surface area contributed by atoms with Gasteiger partial charge < -0.3 is 15.5 Å². The molecular weight excluding hydrogens is 350 g/mol. The molecule has 2 aliphatic rings. The average Bonchev–Trinajstić information content (AvgIpc) is 3.29. The lowest BCUT2D eigenvalue weighted by Gasteiger charge is -2.27. The zero-order valence-corrected chi connectivity index (χ0v) is 16.4. The van der Waals surface area contributed by atoms with Crippen molar-refractivity contribution < 1.29 is 4.79 Å². The zero-order valence-electron chi connectivity index (χ0n) is 16.4. The van der Waals surface area contributed by atoms with Gasteiger partial charge in [-0.1, -0.05) is 25.0 Å². The highest BCUT2D eigenvalue weighted by atomic mass is 16.1. The number of amides is 1. The number of anilines is 3. The van der Waals surface area contributed by atoms with Crippen LogP contribution in [-0.2, 0) is 11.3 Å². The van der Waals surface area contributed by atoms with Gasteiger partial charge in [0.2, 0.25) is 5.91 Å². The number of hydrogen-bond acceptors (Lipinski definition) is 5. The van der Waals surface area contributed by atoms with Crippen LogP contribution in [0.1, 0.15) is 50.5 Å². The Hall–Kier alpha value is -2.63. The second-order valence-corrected chi connectivity index (χ2v) is 7.83. The smallest absolute Gasteiger partial charge is 0.227 e. The van der Waals surface area contributed by atoms with Crippen LogP contribution in [0.5, 0.6) is 0 Å². The van der Waals surface area contributed by atoms with Gasteiger partial charge in [-0.3, -0.25) is 4.79 Å². The second kappa shape index (κ2) is 9.04. The molecule has 1 aromatic heterocycles. The van der Waals surface area contributed by atoms with Gasteiger partial charge in [-0.05, 0) is 49.8 Å². The van der Waals surface area contributed by atoms with Gasteiger partial charge in [0.1, 0.15) is 18.0 Å². The van der Waals surface area contributed by atoms with E-state index in [-0.39, 0.29) is 11.8 Å². The maximum atomic E-state index is 12.3. The van der Waals surface area contributed by atoms with Gasteiger partial charge in [-0.2, -0.15) is 0 Å². The topological polar surface area (TPSA) is 70.2 Å². The highest BCUT2D eigenvalue weighted by molar-refractivity contribution is 5.92. The average molecular weight is 380 g/mol. The lowest BCUT2D eigenvalue weighted by atomic mass is 10.1. The van der Waals surface area contributed by atoms with Crippen LogP contribution in [0.4, 0.5) is 17.3 Å². The first-order chi connectivity index (χ1) is 13.8. The number of piperidine rings is 1. The van der Waals surface area contributed by atoms with Crippen LogP contribution in [0.3, 0.4) is 0 Å². The Morgan fingerprint density at radius 1 is 1.04 bits per heavy atom. The summed E-state index contributed by atoms with van der Waals surface area (Å²) in [5.41, 5.74) is 1.98. The summed E-state index contributed by atoms with van der Waals surface area (Å²) in [6.45, 7) is 2.79. The SMILES string of the molecule is O=C(Nc1cccc(CNc2cc(N3CCCCC3)ncn2)c1)C1CCCC1. The molecule has 1 saturated heterocycles. The minimum Gasteiger partial charge on any atom is -0.366 e. The number of hydrogen-bond donors (Lipinski definition) is 2. The maximum absolute atomic E-state index is 12.3. The van der Waals surface area contributed by atoms with Crippen molar-refractivity contribution in [1.29, 1.82) is 0 Å². The van der Waals surface area contributed by atoms with Crippen LogP contribution >= 0.6 is 0 Å². The molecule has 0 bridgehead atoms. The molecule has 2 N–H and O–H groups in total. The highest BCUT2D eigenvalue weighted by Crippen LogP contribution is 2.26. The van der Waals surface area contributed by atoms with Crippen molar-refractivity contribution in [3.8, 4) is 0 Å². The zero-order chi connectivity index (χ0) is 19.2. The maximum Gasteiger partial charge on any atom is 0.227 e. The normalized spacial score (nSPS) is 17.5. The summed E-state index contributed by atoms with van der Waals surface area (Å²) in [7, 11) is 0. The van der Waals surface area contributed by atoms with E-state index < -0.39 is 0 Å². The first-order valence-corrected chi connectivity index (χ1v) is 10.5. The van der Waals surface area contributed by atoms with Gasteiger partial charge >= 0.3 is 0 Å². The fraction of sp³-hybridized carbons (Fsp3) is 0.500. The molecule has 1 aliphatic carbocycles. The first-order valence-electron chi connectivity index (χ1n) is 10.5. The van der Waals surface area contributed by atoms with Crippen LogP contribution in [0, 0.1) is 5.92 Å². The van der Waals surface area contributed by atoms with E-state index in [1.54, 1.807) is 6.33 Å². The Bertz CT molecular complexity index is 797. The van der Waals surface area contributed by atoms with E-state index in [1.165, 1.54) is 32.1 Å². The summed E-state index contributed by atoms with van der Waals surface area (Å²) in [4.78, 5) is 23.5. The van der Waals surface area contributed by atoms with Crippen molar-refractivity contribution >= 4 is 23.2 Å². The van der Waals surface area contributed by atoms with Crippen molar-refractivity contribution in [3.05, 3.63) is 42.2 Å². The minimum absolute atomic E-state index is 0.157. The van der Waals surface area contributed by atoms with Crippen molar-refractivity contribution in [3.63, 3.8) is 0 Å². The monoisotopic (exact) mass is 379 g/mol. The van der Waals surface area contributed by atoms with Crippen LogP contribution in [0.25, 0.3) is 0 Å². The third-order valence-corrected chi connectivity index (χ3v) is 5.73. The number of aromatic nitrogens is 2. The predicted octanol–water partition coefficient (Wildman–Crippen LogP) is 4.21. The standard InChI is InChI=1S/C22H29N5O/c28-22(18-8-2-3-9-18)26-19-10-6-7-17(13-19)15-23-20-14-21(25-16-24-20)27-11-4-1-5-12-27/h6-7,10,13-14,16,18H,1-5,8-9,11-12,15H2,(H,26,28)(H,23,24,25). The summed E-state index contributed by atoms with van der Waals surface area (Å²) >= 11 is 0. The van der Waals surface area contributed by atoms with Crippen molar-refractivity contribution in [1.82, 2.24) is 9.97 Å². The molecule has 1 amide bonds. The van der Waals surface area contributed by atoms with E-state index in [4.69, 9.17) is 0 Å². The van der Waals surface area contributed by atoms with Crippen LogP contribution in [0.2, 0.25) is 0 Å². The molecular formula is C22H29N5O. The second-order valence-electron chi connectivity index (χ2n) is 7.83. The number of carbonyl (C=O) groups is 1. The predicted molar refractivity (Wildman–Crippen MR) is 112 cm³/mol. The van der Waals surface area contributed by atoms with Gasteiger partial charge in [0, 0.05) is 37.3 Å². The van der Waals surface area contributed by atoms with E-state index in [0.717, 1.165) is 48.8 Å². The fourth-order valence-electron chi connectivity index (χ4n) is 4.12. The molecule has 1 saturated carbocycles. The molecule has 1 aromatic carbocycles. The molecule has 0 radical (unpaired) electrons. The fourth-order valence-corrected chi connectivity index (χ4v) is 4.12. The number of benzene rings is 1. The molecule has 4 rings (SSSR count). The lowest BCUT2D eigenvalue weighted by molar-refractivity contribution is -0.119. The molecule has 0 unspecified atom stereocenters. The summed E-state index contributed by atoms with van der Waals surface area (Å²) < 4.78 is 0. The molecule has 148 valence electrons. The number of nitrogens with zero attached hydrogens (tertiary/aromatic N) is 3. The molecule has 6 heteroatoms. The van der Waals surface area contributed by atoms with E-state index in [9.17, 15) is 4.79 Å². The molecule has 6 nitrogen and oxygen atoms in total. The third kappa shape index (κ3) is 4.80. The Kier molecular flexibility index (Phi) is 6.04. The number of carbonyl (C=O) groups excluding carboxylic acids is 1. The summed E-state index contributed by atoms with van der Waals surface area (Å²) in [6.07, 6.45) is 9.75. The quantitative estimate of drug-likeness (QED) is 0.787. The van der Waals surface area contributed by atoms with Crippen LogP contribution < -0.4 is 15.5 Å². The summed E-state index contributed by atoms with van der Waals surface area (Å²) in [6, 6.07) is 10.1. The van der Waals surface area contributed by atoms with Crippen LogP contribution in [0.15, 0.2) is 36.7 Å². The molecule has 0 atom stereocenters. The van der Waals surface area contributed by atoms with Gasteiger partial charge in [-0.25, -0.2) is 9.97 Å². The minimum atomic E-state index is 0.157. The van der Waals surface area contributed by atoms with Crippen LogP contribution in [-0.4, -0.2) is 29.0 Å². The van der Waals surface area contributed by atoms with Crippen molar-refractivity contribution in [2.75, 3.05) is 28.6 Å². The number of nitrogens with one attached hydrogen (secondary N) is 2. The summed E-state index contributed by atoms with van der Waals surface area (Å²) in [5.74, 6) is 2.16. The van der Waals surface area contributed by atoms with E-state index in [0.29, 0.717) is 6.54 Å².